The number of hydrogen-bond donors (Lipinski definition) is 0. The van der Waals surface area contributed by atoms with Gasteiger partial charge >= 0.3 is 11.9 Å². The van der Waals surface area contributed by atoms with Crippen molar-refractivity contribution in [2.45, 2.75) is 26.7 Å². The van der Waals surface area contributed by atoms with Crippen molar-refractivity contribution in [3.05, 3.63) is 45.4 Å². The number of hydrogen-bond acceptors (Lipinski definition) is 8. The van der Waals surface area contributed by atoms with Crippen LogP contribution in [0.5, 0.6) is 5.75 Å². The van der Waals surface area contributed by atoms with E-state index in [9.17, 15) is 14.4 Å². The zero-order chi connectivity index (χ0) is 21.1. The summed E-state index contributed by atoms with van der Waals surface area (Å²) in [5.74, 6) is -1.14. The highest BCUT2D eigenvalue weighted by Crippen LogP contribution is 2.33. The molecule has 0 N–H and O–H groups in total. The van der Waals surface area contributed by atoms with Crippen LogP contribution < -0.4 is 10.2 Å². The summed E-state index contributed by atoms with van der Waals surface area (Å²) in [6, 6.07) is 4.17. The van der Waals surface area contributed by atoms with Crippen LogP contribution >= 0.6 is 0 Å². The number of methoxy groups -OCH3 is 2. The largest absolute Gasteiger partial charge is 0.496 e. The van der Waals surface area contributed by atoms with Gasteiger partial charge in [0.2, 0.25) is 5.76 Å². The first kappa shape index (κ1) is 20.3. The molecule has 8 heteroatoms. The van der Waals surface area contributed by atoms with Gasteiger partial charge in [-0.05, 0) is 19.4 Å². The predicted octanol–water partition coefficient (Wildman–Crippen LogP) is 3.27. The van der Waals surface area contributed by atoms with Crippen molar-refractivity contribution < 1.29 is 28.2 Å². The molecule has 0 saturated carbocycles. The Morgan fingerprint density at radius 1 is 1.07 bits per heavy atom. The Kier molecular flexibility index (Phi) is 5.81. The maximum absolute atomic E-state index is 12.7. The Balaban J connectivity index is 2.45. The maximum Gasteiger partial charge on any atom is 0.374 e. The predicted molar refractivity (Wildman–Crippen MR) is 106 cm³/mol. The Labute approximate surface area is 166 Å². The molecule has 0 amide bonds. The Morgan fingerprint density at radius 2 is 1.83 bits per heavy atom. The average molecular weight is 399 g/mol. The van der Waals surface area contributed by atoms with Gasteiger partial charge in [-0.1, -0.05) is 13.3 Å². The molecule has 2 aromatic heterocycles. The molecule has 0 bridgehead atoms. The normalized spacial score (nSPS) is 10.9. The van der Waals surface area contributed by atoms with Gasteiger partial charge in [-0.2, -0.15) is 0 Å². The third-order valence-electron chi connectivity index (χ3n) is 4.44. The lowest BCUT2D eigenvalue weighted by atomic mass is 10.00. The number of carbonyl (C=O) groups excluding carboxylic acids is 2. The lowest BCUT2D eigenvalue weighted by Crippen LogP contribution is -2.12. The summed E-state index contributed by atoms with van der Waals surface area (Å²) in [6.07, 6.45) is 1.22. The van der Waals surface area contributed by atoms with Gasteiger partial charge in [0.05, 0.1) is 31.7 Å². The zero-order valence-corrected chi connectivity index (χ0v) is 16.7. The number of aryl methyl sites for hydroxylation is 1. The minimum Gasteiger partial charge on any atom is -0.496 e. The van der Waals surface area contributed by atoms with E-state index in [2.05, 4.69) is 4.98 Å². The van der Waals surface area contributed by atoms with Crippen LogP contribution in [-0.2, 0) is 15.9 Å². The fraction of sp³-hybridized carbons (Fsp3) is 0.333. The van der Waals surface area contributed by atoms with Gasteiger partial charge in [0.15, 0.2) is 11.1 Å². The number of ether oxygens (including phenoxy) is 3. The molecule has 3 rings (SSSR count). The Morgan fingerprint density at radius 3 is 2.45 bits per heavy atom. The van der Waals surface area contributed by atoms with Gasteiger partial charge < -0.3 is 18.6 Å². The summed E-state index contributed by atoms with van der Waals surface area (Å²) in [5.41, 5.74) is 0.979. The standard InChI is InChI=1S/C21H21NO7/c1-5-7-11-18-13(16(26-3)9-14(22-18)20(24)27-4)8-12-15(23)10-17(29-19(11)12)21(25)28-6-2/h8-10H,5-7H2,1-4H3. The second-order valence-corrected chi connectivity index (χ2v) is 6.27. The van der Waals surface area contributed by atoms with E-state index in [1.54, 1.807) is 13.0 Å². The second kappa shape index (κ2) is 8.30. The van der Waals surface area contributed by atoms with Gasteiger partial charge in [-0.15, -0.1) is 0 Å². The van der Waals surface area contributed by atoms with Crippen molar-refractivity contribution >= 4 is 33.8 Å². The number of aromatic nitrogens is 1. The second-order valence-electron chi connectivity index (χ2n) is 6.27. The van der Waals surface area contributed by atoms with Gasteiger partial charge in [0.1, 0.15) is 11.3 Å². The SMILES string of the molecule is CCCc1c2nc(C(=O)OC)cc(OC)c2cc2c(=O)cc(C(=O)OCC)oc12. The molecule has 0 saturated heterocycles. The average Bonchev–Trinajstić information content (AvgIpc) is 2.72. The van der Waals surface area contributed by atoms with Crippen molar-refractivity contribution in [1.82, 2.24) is 4.98 Å². The number of rotatable bonds is 6. The first-order valence-corrected chi connectivity index (χ1v) is 9.19. The molecule has 0 aliphatic carbocycles. The summed E-state index contributed by atoms with van der Waals surface area (Å²) in [6.45, 7) is 3.78. The van der Waals surface area contributed by atoms with Gasteiger partial charge in [-0.3, -0.25) is 4.79 Å². The summed E-state index contributed by atoms with van der Waals surface area (Å²) < 4.78 is 20.9. The molecule has 0 spiro atoms. The quantitative estimate of drug-likeness (QED) is 0.459. The van der Waals surface area contributed by atoms with E-state index in [1.165, 1.54) is 20.3 Å². The highest BCUT2D eigenvalue weighted by molar-refractivity contribution is 6.03. The van der Waals surface area contributed by atoms with Crippen LogP contribution in [0.4, 0.5) is 0 Å². The Bertz CT molecular complexity index is 1160. The highest BCUT2D eigenvalue weighted by atomic mass is 16.5. The van der Waals surface area contributed by atoms with E-state index in [4.69, 9.17) is 18.6 Å². The molecule has 152 valence electrons. The van der Waals surface area contributed by atoms with E-state index >= 15 is 0 Å². The minimum atomic E-state index is -0.720. The van der Waals surface area contributed by atoms with E-state index in [0.717, 1.165) is 6.07 Å². The van der Waals surface area contributed by atoms with Crippen LogP contribution in [-0.4, -0.2) is 37.7 Å². The molecule has 0 aliphatic heterocycles. The van der Waals surface area contributed by atoms with E-state index in [1.807, 2.05) is 6.92 Å². The topological polar surface area (TPSA) is 105 Å². The minimum absolute atomic E-state index is 0.0671. The number of pyridine rings is 1. The number of fused-ring (bicyclic) bond motifs is 2. The van der Waals surface area contributed by atoms with Crippen LogP contribution in [0.15, 0.2) is 27.4 Å². The summed E-state index contributed by atoms with van der Waals surface area (Å²) in [4.78, 5) is 41.3. The molecule has 0 aliphatic rings. The van der Waals surface area contributed by atoms with E-state index < -0.39 is 11.9 Å². The zero-order valence-electron chi connectivity index (χ0n) is 16.7. The highest BCUT2D eigenvalue weighted by Gasteiger charge is 2.21. The molecule has 8 nitrogen and oxygen atoms in total. The third-order valence-corrected chi connectivity index (χ3v) is 4.44. The monoisotopic (exact) mass is 399 g/mol. The molecular formula is C21H21NO7. The summed E-state index contributed by atoms with van der Waals surface area (Å²) in [7, 11) is 2.73. The number of benzene rings is 1. The molecule has 0 radical (unpaired) electrons. The molecule has 3 aromatic rings. The van der Waals surface area contributed by atoms with Crippen LogP contribution in [0.2, 0.25) is 0 Å². The fourth-order valence-electron chi connectivity index (χ4n) is 3.18. The van der Waals surface area contributed by atoms with Crippen molar-refractivity contribution in [3.8, 4) is 5.75 Å². The van der Waals surface area contributed by atoms with Crippen molar-refractivity contribution in [3.63, 3.8) is 0 Å². The van der Waals surface area contributed by atoms with Crippen LogP contribution in [0.3, 0.4) is 0 Å². The smallest absolute Gasteiger partial charge is 0.374 e. The van der Waals surface area contributed by atoms with Gasteiger partial charge in [0.25, 0.3) is 0 Å². The lowest BCUT2D eigenvalue weighted by molar-refractivity contribution is 0.0490. The van der Waals surface area contributed by atoms with Gasteiger partial charge in [0, 0.05) is 23.1 Å². The van der Waals surface area contributed by atoms with Crippen molar-refractivity contribution in [1.29, 1.82) is 0 Å². The van der Waals surface area contributed by atoms with Gasteiger partial charge in [-0.25, -0.2) is 14.6 Å². The molecular weight excluding hydrogens is 378 g/mol. The number of nitrogens with zero attached hydrogens (tertiary/aromatic N) is 1. The third kappa shape index (κ3) is 3.65. The molecule has 0 unspecified atom stereocenters. The van der Waals surface area contributed by atoms with E-state index in [0.29, 0.717) is 40.4 Å². The summed E-state index contributed by atoms with van der Waals surface area (Å²) in [5, 5.41) is 0.854. The van der Waals surface area contributed by atoms with E-state index in [-0.39, 0.29) is 29.1 Å². The van der Waals surface area contributed by atoms with Crippen molar-refractivity contribution in [2.75, 3.05) is 20.8 Å². The molecule has 1 aromatic carbocycles. The fourth-order valence-corrected chi connectivity index (χ4v) is 3.18. The molecule has 0 fully saturated rings. The molecule has 2 heterocycles. The number of carbonyl (C=O) groups is 2. The first-order chi connectivity index (χ1) is 13.9. The van der Waals surface area contributed by atoms with Crippen LogP contribution in [0.1, 0.15) is 46.9 Å². The Hall–Kier alpha value is -3.42. The van der Waals surface area contributed by atoms with Crippen LogP contribution in [0.25, 0.3) is 21.9 Å². The molecule has 29 heavy (non-hydrogen) atoms. The summed E-state index contributed by atoms with van der Waals surface area (Å²) >= 11 is 0. The first-order valence-electron chi connectivity index (χ1n) is 9.19. The molecule has 0 atom stereocenters. The van der Waals surface area contributed by atoms with Crippen molar-refractivity contribution in [2.24, 2.45) is 0 Å². The van der Waals surface area contributed by atoms with Crippen LogP contribution in [0, 0.1) is 0 Å². The maximum atomic E-state index is 12.7. The number of esters is 2. The lowest BCUT2D eigenvalue weighted by Gasteiger charge is -2.13.